The summed E-state index contributed by atoms with van der Waals surface area (Å²) in [6.45, 7) is 7.93. The van der Waals surface area contributed by atoms with Crippen LogP contribution in [0.25, 0.3) is 4.96 Å². The summed E-state index contributed by atoms with van der Waals surface area (Å²) in [5.74, 6) is 0.867. The number of thiazole rings is 1. The first-order valence-electron chi connectivity index (χ1n) is 7.55. The van der Waals surface area contributed by atoms with Crippen LogP contribution in [0.3, 0.4) is 0 Å². The number of hydrogen-bond donors (Lipinski definition) is 1. The van der Waals surface area contributed by atoms with E-state index in [-0.39, 0.29) is 0 Å². The lowest BCUT2D eigenvalue weighted by molar-refractivity contribution is 0.0303. The summed E-state index contributed by atoms with van der Waals surface area (Å²) in [4.78, 5) is 8.53. The van der Waals surface area contributed by atoms with Crippen LogP contribution in [0.4, 0.5) is 0 Å². The zero-order valence-electron chi connectivity index (χ0n) is 12.2. The van der Waals surface area contributed by atoms with Gasteiger partial charge in [-0.2, -0.15) is 0 Å². The molecule has 1 saturated carbocycles. The maximum Gasteiger partial charge on any atom is 0.193 e. The van der Waals surface area contributed by atoms with Gasteiger partial charge in [0.2, 0.25) is 0 Å². The van der Waals surface area contributed by atoms with E-state index in [1.54, 1.807) is 11.3 Å². The number of nitrogens with zero attached hydrogens (tertiary/aromatic N) is 3. The molecule has 2 unspecified atom stereocenters. The number of piperazine rings is 1. The molecule has 1 N–H and O–H groups in total. The summed E-state index contributed by atoms with van der Waals surface area (Å²) in [7, 11) is 0. The fourth-order valence-corrected chi connectivity index (χ4v) is 4.22. The first-order valence-corrected chi connectivity index (χ1v) is 8.42. The molecule has 0 amide bonds. The Morgan fingerprint density at radius 1 is 1.50 bits per heavy atom. The Labute approximate surface area is 123 Å². The monoisotopic (exact) mass is 290 g/mol. The Hall–Kier alpha value is -0.910. The Morgan fingerprint density at radius 3 is 3.10 bits per heavy atom. The molecule has 2 aromatic rings. The number of hydrogen-bond acceptors (Lipinski definition) is 4. The van der Waals surface area contributed by atoms with Crippen LogP contribution in [-0.2, 0) is 6.54 Å². The van der Waals surface area contributed by atoms with Crippen molar-refractivity contribution in [2.24, 2.45) is 5.92 Å². The smallest absolute Gasteiger partial charge is 0.193 e. The van der Waals surface area contributed by atoms with Gasteiger partial charge in [-0.25, -0.2) is 4.98 Å². The second-order valence-electron chi connectivity index (χ2n) is 6.62. The van der Waals surface area contributed by atoms with Gasteiger partial charge in [0.1, 0.15) is 0 Å². The number of aromatic nitrogens is 2. The lowest BCUT2D eigenvalue weighted by atomic mass is 9.89. The summed E-state index contributed by atoms with van der Waals surface area (Å²) < 4.78 is 2.14. The maximum atomic E-state index is 4.76. The predicted octanol–water partition coefficient (Wildman–Crippen LogP) is 2.36. The van der Waals surface area contributed by atoms with E-state index in [4.69, 9.17) is 4.98 Å². The van der Waals surface area contributed by atoms with Crippen LogP contribution in [-0.4, -0.2) is 39.0 Å². The maximum absolute atomic E-state index is 4.76. The molecule has 0 spiro atoms. The second kappa shape index (κ2) is 4.55. The van der Waals surface area contributed by atoms with Crippen molar-refractivity contribution in [1.29, 1.82) is 0 Å². The van der Waals surface area contributed by atoms with Gasteiger partial charge < -0.3 is 5.32 Å². The molecule has 2 fully saturated rings. The highest BCUT2D eigenvalue weighted by Gasteiger charge is 2.47. The van der Waals surface area contributed by atoms with Crippen LogP contribution < -0.4 is 5.32 Å². The molecule has 3 heterocycles. The van der Waals surface area contributed by atoms with E-state index in [1.165, 1.54) is 18.5 Å². The minimum absolute atomic E-state index is 0.309. The van der Waals surface area contributed by atoms with Crippen LogP contribution in [0.5, 0.6) is 0 Å². The zero-order valence-corrected chi connectivity index (χ0v) is 13.0. The third-order valence-electron chi connectivity index (χ3n) is 4.98. The van der Waals surface area contributed by atoms with Gasteiger partial charge in [-0.05, 0) is 32.6 Å². The van der Waals surface area contributed by atoms with Gasteiger partial charge in [0.25, 0.3) is 0 Å². The number of rotatable bonds is 3. The molecule has 0 aromatic carbocycles. The predicted molar refractivity (Wildman–Crippen MR) is 82.1 cm³/mol. The molecule has 0 bridgehead atoms. The van der Waals surface area contributed by atoms with Gasteiger partial charge >= 0.3 is 0 Å². The first-order chi connectivity index (χ1) is 9.65. The van der Waals surface area contributed by atoms with Crippen molar-refractivity contribution >= 4 is 16.3 Å². The van der Waals surface area contributed by atoms with Crippen LogP contribution >= 0.6 is 11.3 Å². The van der Waals surface area contributed by atoms with Gasteiger partial charge in [-0.15, -0.1) is 11.3 Å². The van der Waals surface area contributed by atoms with Crippen molar-refractivity contribution in [3.8, 4) is 0 Å². The van der Waals surface area contributed by atoms with Crippen LogP contribution in [0, 0.1) is 5.92 Å². The third kappa shape index (κ3) is 2.08. The van der Waals surface area contributed by atoms with Crippen molar-refractivity contribution in [3.63, 3.8) is 0 Å². The molecule has 0 radical (unpaired) electrons. The van der Waals surface area contributed by atoms with Crippen LogP contribution in [0.15, 0.2) is 17.8 Å². The Balaban J connectivity index is 1.59. The molecular weight excluding hydrogens is 268 g/mol. The first kappa shape index (κ1) is 12.8. The van der Waals surface area contributed by atoms with Gasteiger partial charge in [-0.1, -0.05) is 0 Å². The highest BCUT2D eigenvalue weighted by atomic mass is 32.1. The highest BCUT2D eigenvalue weighted by Crippen LogP contribution is 2.44. The van der Waals surface area contributed by atoms with E-state index in [9.17, 15) is 0 Å². The fraction of sp³-hybridized carbons (Fsp3) is 0.667. The molecule has 20 heavy (non-hydrogen) atoms. The molecule has 5 heteroatoms. The van der Waals surface area contributed by atoms with Gasteiger partial charge in [-0.3, -0.25) is 9.30 Å². The molecule has 4 nitrogen and oxygen atoms in total. The minimum Gasteiger partial charge on any atom is -0.311 e. The summed E-state index contributed by atoms with van der Waals surface area (Å²) in [6, 6.07) is 0.575. The van der Waals surface area contributed by atoms with Gasteiger partial charge in [0.05, 0.1) is 5.69 Å². The molecule has 2 aliphatic rings. The van der Waals surface area contributed by atoms with E-state index < -0.39 is 0 Å². The molecule has 1 aliphatic carbocycles. The zero-order chi connectivity index (χ0) is 13.7. The van der Waals surface area contributed by atoms with Gasteiger partial charge in [0, 0.05) is 49.0 Å². The summed E-state index contributed by atoms with van der Waals surface area (Å²) in [5, 5.41) is 5.76. The van der Waals surface area contributed by atoms with E-state index in [0.29, 0.717) is 11.6 Å². The van der Waals surface area contributed by atoms with Crippen molar-refractivity contribution in [2.75, 3.05) is 13.1 Å². The average molecular weight is 290 g/mol. The Morgan fingerprint density at radius 2 is 2.35 bits per heavy atom. The molecule has 108 valence electrons. The largest absolute Gasteiger partial charge is 0.311 e. The number of imidazole rings is 1. The normalized spacial score (nSPS) is 32.0. The topological polar surface area (TPSA) is 32.6 Å². The van der Waals surface area contributed by atoms with Crippen LogP contribution in [0.1, 0.15) is 32.4 Å². The molecule has 1 aliphatic heterocycles. The van der Waals surface area contributed by atoms with Crippen molar-refractivity contribution in [3.05, 3.63) is 23.5 Å². The van der Waals surface area contributed by atoms with Crippen molar-refractivity contribution < 1.29 is 0 Å². The third-order valence-corrected chi connectivity index (χ3v) is 5.75. The van der Waals surface area contributed by atoms with Crippen LogP contribution in [0.2, 0.25) is 0 Å². The van der Waals surface area contributed by atoms with E-state index in [0.717, 1.165) is 30.5 Å². The van der Waals surface area contributed by atoms with E-state index in [1.807, 2.05) is 0 Å². The summed E-state index contributed by atoms with van der Waals surface area (Å²) >= 11 is 1.71. The molecule has 2 aromatic heterocycles. The standard InChI is InChI=1S/C15H22N4S/c1-11-7-19(15(2,10-16-11)12-3-4-12)9-13-8-18-5-6-20-14(18)17-13/h5-6,8,11-12,16H,3-4,7,9-10H2,1-2H3. The molecule has 1 saturated heterocycles. The molecule has 4 rings (SSSR count). The summed E-state index contributed by atoms with van der Waals surface area (Å²) in [6.07, 6.45) is 7.06. The number of nitrogens with one attached hydrogen (secondary N) is 1. The van der Waals surface area contributed by atoms with Crippen molar-refractivity contribution in [1.82, 2.24) is 19.6 Å². The molecule has 2 atom stereocenters. The van der Waals surface area contributed by atoms with Crippen molar-refractivity contribution in [2.45, 2.75) is 44.8 Å². The number of fused-ring (bicyclic) bond motifs is 1. The lowest BCUT2D eigenvalue weighted by Gasteiger charge is -2.48. The Bertz CT molecular complexity index is 586. The Kier molecular flexibility index (Phi) is 2.91. The lowest BCUT2D eigenvalue weighted by Crippen LogP contribution is -2.63. The highest BCUT2D eigenvalue weighted by molar-refractivity contribution is 7.15. The minimum atomic E-state index is 0.309. The SMILES string of the molecule is CC1CN(Cc2cn3ccsc3n2)C(C)(C2CC2)CN1. The quantitative estimate of drug-likeness (QED) is 0.942. The second-order valence-corrected chi connectivity index (χ2v) is 7.49. The van der Waals surface area contributed by atoms with E-state index >= 15 is 0 Å². The average Bonchev–Trinajstić information content (AvgIpc) is 3.07. The fourth-order valence-electron chi connectivity index (χ4n) is 3.50. The summed E-state index contributed by atoms with van der Waals surface area (Å²) in [5.41, 5.74) is 1.52. The van der Waals surface area contributed by atoms with Gasteiger partial charge in [0.15, 0.2) is 4.96 Å². The van der Waals surface area contributed by atoms with E-state index in [2.05, 4.69) is 46.2 Å². The molecular formula is C15H22N4S.